The Bertz CT molecular complexity index is 458. The van der Waals surface area contributed by atoms with Crippen LogP contribution in [0, 0.1) is 11.8 Å². The van der Waals surface area contributed by atoms with Gasteiger partial charge in [-0.25, -0.2) is 0 Å². The summed E-state index contributed by atoms with van der Waals surface area (Å²) in [4.78, 5) is 12.3. The van der Waals surface area contributed by atoms with Crippen LogP contribution in [0.2, 0.25) is 0 Å². The molecule has 0 aromatic heterocycles. The molecule has 2 N–H and O–H groups in total. The van der Waals surface area contributed by atoms with Gasteiger partial charge in [-0.05, 0) is 62.4 Å². The van der Waals surface area contributed by atoms with Gasteiger partial charge in [0.05, 0.1) is 0 Å². The lowest BCUT2D eigenvalue weighted by atomic mass is 9.96. The molecule has 0 spiro atoms. The predicted molar refractivity (Wildman–Crippen MR) is 90.2 cm³/mol. The molecule has 1 amide bonds. The molecule has 116 valence electrons. The highest BCUT2D eigenvalue weighted by Crippen LogP contribution is 2.17. The molecule has 1 fully saturated rings. The summed E-state index contributed by atoms with van der Waals surface area (Å²) in [5.41, 5.74) is 1.21. The van der Waals surface area contributed by atoms with Crippen LogP contribution in [0.25, 0.3) is 0 Å². The largest absolute Gasteiger partial charge is 0.356 e. The number of nitrogens with one attached hydrogen (secondary N) is 2. The zero-order valence-corrected chi connectivity index (χ0v) is 14.3. The van der Waals surface area contributed by atoms with E-state index >= 15 is 0 Å². The van der Waals surface area contributed by atoms with E-state index in [1.165, 1.54) is 12.0 Å². The third kappa shape index (κ3) is 5.44. The molecule has 2 rings (SSSR count). The summed E-state index contributed by atoms with van der Waals surface area (Å²) in [7, 11) is 0. The van der Waals surface area contributed by atoms with E-state index in [9.17, 15) is 4.79 Å². The van der Waals surface area contributed by atoms with E-state index in [1.807, 2.05) is 12.1 Å². The lowest BCUT2D eigenvalue weighted by Crippen LogP contribution is -2.33. The van der Waals surface area contributed by atoms with Crippen LogP contribution >= 0.6 is 15.9 Å². The molecule has 1 aliphatic heterocycles. The molecule has 0 bridgehead atoms. The fourth-order valence-corrected chi connectivity index (χ4v) is 3.32. The molecule has 0 radical (unpaired) electrons. The van der Waals surface area contributed by atoms with Gasteiger partial charge < -0.3 is 10.6 Å². The fourth-order valence-electron chi connectivity index (χ4n) is 2.88. The highest BCUT2D eigenvalue weighted by Gasteiger charge is 2.18. The second kappa shape index (κ2) is 8.54. The maximum atomic E-state index is 12.3. The van der Waals surface area contributed by atoms with Gasteiger partial charge in [0, 0.05) is 16.9 Å². The number of benzene rings is 1. The molecule has 1 aromatic carbocycles. The first-order chi connectivity index (χ1) is 10.2. The van der Waals surface area contributed by atoms with Crippen LogP contribution in [0.1, 0.15) is 31.7 Å². The van der Waals surface area contributed by atoms with E-state index in [2.05, 4.69) is 45.6 Å². The highest BCUT2D eigenvalue weighted by molar-refractivity contribution is 9.10. The van der Waals surface area contributed by atoms with Crippen molar-refractivity contribution in [3.05, 3.63) is 34.3 Å². The van der Waals surface area contributed by atoms with Crippen LogP contribution in [0.15, 0.2) is 28.7 Å². The van der Waals surface area contributed by atoms with E-state index in [0.29, 0.717) is 0 Å². The molecular formula is C17H25BrN2O. The van der Waals surface area contributed by atoms with Crippen molar-refractivity contribution < 1.29 is 4.79 Å². The molecule has 2 unspecified atom stereocenters. The Balaban J connectivity index is 1.77. The molecule has 1 aromatic rings. The number of carbonyl (C=O) groups is 1. The highest BCUT2D eigenvalue weighted by atomic mass is 79.9. The first-order valence-corrected chi connectivity index (χ1v) is 8.71. The molecule has 1 aliphatic rings. The summed E-state index contributed by atoms with van der Waals surface area (Å²) in [6, 6.07) is 8.22. The molecular weight excluding hydrogens is 328 g/mol. The molecule has 3 nitrogen and oxygen atoms in total. The lowest BCUT2D eigenvalue weighted by Gasteiger charge is -2.16. The van der Waals surface area contributed by atoms with E-state index in [1.54, 1.807) is 0 Å². The van der Waals surface area contributed by atoms with Crippen LogP contribution in [0.4, 0.5) is 0 Å². The Hall–Kier alpha value is -0.870. The summed E-state index contributed by atoms with van der Waals surface area (Å²) < 4.78 is 1.07. The van der Waals surface area contributed by atoms with Gasteiger partial charge in [-0.2, -0.15) is 0 Å². The van der Waals surface area contributed by atoms with Gasteiger partial charge in [0.1, 0.15) is 0 Å². The first kappa shape index (κ1) is 16.5. The topological polar surface area (TPSA) is 41.1 Å². The standard InChI is InChI=1S/C17H25BrN2O/c1-2-15(10-14-4-3-5-16(18)11-14)17(21)20-9-7-13-6-8-19-12-13/h3-5,11,13,15,19H,2,6-10,12H2,1H3,(H,20,21). The summed E-state index contributed by atoms with van der Waals surface area (Å²) in [5, 5.41) is 6.48. The molecule has 0 aliphatic carbocycles. The van der Waals surface area contributed by atoms with E-state index in [-0.39, 0.29) is 11.8 Å². The molecule has 1 saturated heterocycles. The number of halogens is 1. The number of hydrogen-bond acceptors (Lipinski definition) is 2. The molecule has 4 heteroatoms. The third-order valence-electron chi connectivity index (χ3n) is 4.25. The fraction of sp³-hybridized carbons (Fsp3) is 0.588. The number of carbonyl (C=O) groups excluding carboxylic acids is 1. The summed E-state index contributed by atoms with van der Waals surface area (Å²) in [6.07, 6.45) is 4.02. The summed E-state index contributed by atoms with van der Waals surface area (Å²) >= 11 is 3.48. The maximum absolute atomic E-state index is 12.3. The van der Waals surface area contributed by atoms with Crippen molar-refractivity contribution in [3.8, 4) is 0 Å². The maximum Gasteiger partial charge on any atom is 0.223 e. The zero-order valence-electron chi connectivity index (χ0n) is 12.7. The molecule has 1 heterocycles. The average Bonchev–Trinajstić information content (AvgIpc) is 2.98. The minimum Gasteiger partial charge on any atom is -0.356 e. The Morgan fingerprint density at radius 3 is 3.05 bits per heavy atom. The molecule has 2 atom stereocenters. The van der Waals surface area contributed by atoms with Crippen LogP contribution in [-0.2, 0) is 11.2 Å². The zero-order chi connectivity index (χ0) is 15.1. The minimum atomic E-state index is 0.0704. The normalized spacial score (nSPS) is 19.4. The predicted octanol–water partition coefficient (Wildman–Crippen LogP) is 3.13. The van der Waals surface area contributed by atoms with Crippen molar-refractivity contribution in [1.29, 1.82) is 0 Å². The van der Waals surface area contributed by atoms with Crippen LogP contribution < -0.4 is 10.6 Å². The number of amides is 1. The van der Waals surface area contributed by atoms with Crippen molar-refractivity contribution in [2.75, 3.05) is 19.6 Å². The smallest absolute Gasteiger partial charge is 0.223 e. The van der Waals surface area contributed by atoms with Crippen LogP contribution in [0.5, 0.6) is 0 Å². The summed E-state index contributed by atoms with van der Waals surface area (Å²) in [5.74, 6) is 1.000. The minimum absolute atomic E-state index is 0.0704. The second-order valence-corrected chi connectivity index (χ2v) is 6.79. The van der Waals surface area contributed by atoms with Crippen molar-refractivity contribution in [2.45, 2.75) is 32.6 Å². The Morgan fingerprint density at radius 1 is 1.52 bits per heavy atom. The van der Waals surface area contributed by atoms with E-state index in [0.717, 1.165) is 49.3 Å². The van der Waals surface area contributed by atoms with Crippen molar-refractivity contribution in [1.82, 2.24) is 10.6 Å². The van der Waals surface area contributed by atoms with E-state index < -0.39 is 0 Å². The van der Waals surface area contributed by atoms with Crippen LogP contribution in [0.3, 0.4) is 0 Å². The van der Waals surface area contributed by atoms with Crippen molar-refractivity contribution in [3.63, 3.8) is 0 Å². The van der Waals surface area contributed by atoms with E-state index in [4.69, 9.17) is 0 Å². The Morgan fingerprint density at radius 2 is 2.38 bits per heavy atom. The first-order valence-electron chi connectivity index (χ1n) is 7.92. The van der Waals surface area contributed by atoms with Gasteiger partial charge in [0.2, 0.25) is 5.91 Å². The quantitative estimate of drug-likeness (QED) is 0.791. The number of rotatable bonds is 7. The Labute approximate surface area is 136 Å². The lowest BCUT2D eigenvalue weighted by molar-refractivity contribution is -0.125. The van der Waals surface area contributed by atoms with Gasteiger partial charge in [0.15, 0.2) is 0 Å². The summed E-state index contributed by atoms with van der Waals surface area (Å²) in [6.45, 7) is 5.12. The molecule has 0 saturated carbocycles. The van der Waals surface area contributed by atoms with Gasteiger partial charge >= 0.3 is 0 Å². The monoisotopic (exact) mass is 352 g/mol. The number of hydrogen-bond donors (Lipinski definition) is 2. The van der Waals surface area contributed by atoms with Crippen molar-refractivity contribution >= 4 is 21.8 Å². The van der Waals surface area contributed by atoms with Crippen LogP contribution in [-0.4, -0.2) is 25.5 Å². The van der Waals surface area contributed by atoms with Gasteiger partial charge in [0.25, 0.3) is 0 Å². The average molecular weight is 353 g/mol. The van der Waals surface area contributed by atoms with Gasteiger partial charge in [-0.15, -0.1) is 0 Å². The third-order valence-corrected chi connectivity index (χ3v) is 4.74. The SMILES string of the molecule is CCC(Cc1cccc(Br)c1)C(=O)NCCC1CCNC1. The van der Waals surface area contributed by atoms with Gasteiger partial charge in [-0.1, -0.05) is 35.0 Å². The Kier molecular flexibility index (Phi) is 6.71. The van der Waals surface area contributed by atoms with Gasteiger partial charge in [-0.3, -0.25) is 4.79 Å². The van der Waals surface area contributed by atoms with Crippen molar-refractivity contribution in [2.24, 2.45) is 11.8 Å². The second-order valence-electron chi connectivity index (χ2n) is 5.88. The molecule has 21 heavy (non-hydrogen) atoms.